The van der Waals surface area contributed by atoms with Gasteiger partial charge in [0, 0.05) is 12.6 Å². The Morgan fingerprint density at radius 1 is 1.50 bits per heavy atom. The van der Waals surface area contributed by atoms with Crippen LogP contribution in [0.25, 0.3) is 0 Å². The van der Waals surface area contributed by atoms with Gasteiger partial charge in [0.25, 0.3) is 0 Å². The minimum atomic E-state index is 0.112. The number of hydrogen-bond acceptors (Lipinski definition) is 4. The Labute approximate surface area is 84.3 Å². The van der Waals surface area contributed by atoms with Crippen LogP contribution in [0.1, 0.15) is 6.92 Å². The summed E-state index contributed by atoms with van der Waals surface area (Å²) in [7, 11) is 3.50. The number of rotatable bonds is 5. The van der Waals surface area contributed by atoms with Crippen molar-refractivity contribution in [2.24, 2.45) is 0 Å². The van der Waals surface area contributed by atoms with Crippen molar-refractivity contribution in [3.8, 4) is 11.6 Å². The molecule has 0 aliphatic rings. The molecule has 0 saturated carbocycles. The molecule has 0 aliphatic carbocycles. The van der Waals surface area contributed by atoms with E-state index in [-0.39, 0.29) is 6.10 Å². The second-order valence-corrected chi connectivity index (χ2v) is 3.02. The van der Waals surface area contributed by atoms with Crippen molar-refractivity contribution in [3.05, 3.63) is 18.3 Å². The average molecular weight is 196 g/mol. The maximum Gasteiger partial charge on any atom is 0.213 e. The van der Waals surface area contributed by atoms with Gasteiger partial charge < -0.3 is 14.8 Å². The predicted molar refractivity (Wildman–Crippen MR) is 54.8 cm³/mol. The molecule has 1 aromatic heterocycles. The SMILES string of the molecule is CNCC(C)Oc1ccc(OC)cn1. The van der Waals surface area contributed by atoms with E-state index < -0.39 is 0 Å². The molecule has 78 valence electrons. The normalized spacial score (nSPS) is 12.2. The highest BCUT2D eigenvalue weighted by Gasteiger charge is 2.03. The molecule has 0 amide bonds. The fraction of sp³-hybridized carbons (Fsp3) is 0.500. The summed E-state index contributed by atoms with van der Waals surface area (Å²) in [6.45, 7) is 2.79. The topological polar surface area (TPSA) is 43.4 Å². The summed E-state index contributed by atoms with van der Waals surface area (Å²) in [4.78, 5) is 4.10. The lowest BCUT2D eigenvalue weighted by atomic mass is 10.4. The number of aromatic nitrogens is 1. The molecule has 4 nitrogen and oxygen atoms in total. The summed E-state index contributed by atoms with van der Waals surface area (Å²) < 4.78 is 10.5. The van der Waals surface area contributed by atoms with E-state index in [9.17, 15) is 0 Å². The molecule has 0 aliphatic heterocycles. The first-order chi connectivity index (χ1) is 6.76. The zero-order chi connectivity index (χ0) is 10.4. The Kier molecular flexibility index (Phi) is 4.19. The van der Waals surface area contributed by atoms with Gasteiger partial charge in [0.05, 0.1) is 13.3 Å². The van der Waals surface area contributed by atoms with E-state index >= 15 is 0 Å². The van der Waals surface area contributed by atoms with E-state index in [1.165, 1.54) is 0 Å². The van der Waals surface area contributed by atoms with Gasteiger partial charge in [-0.25, -0.2) is 4.98 Å². The van der Waals surface area contributed by atoms with Gasteiger partial charge in [0.15, 0.2) is 0 Å². The molecule has 0 radical (unpaired) electrons. The summed E-state index contributed by atoms with van der Waals surface area (Å²) in [6.07, 6.45) is 1.75. The van der Waals surface area contributed by atoms with Crippen LogP contribution in [0.4, 0.5) is 0 Å². The van der Waals surface area contributed by atoms with Gasteiger partial charge in [-0.15, -0.1) is 0 Å². The van der Waals surface area contributed by atoms with Gasteiger partial charge >= 0.3 is 0 Å². The van der Waals surface area contributed by atoms with Gasteiger partial charge in [0.1, 0.15) is 11.9 Å². The van der Waals surface area contributed by atoms with Crippen LogP contribution in [0.5, 0.6) is 11.6 Å². The maximum absolute atomic E-state index is 5.53. The Morgan fingerprint density at radius 2 is 2.29 bits per heavy atom. The molecule has 1 atom stereocenters. The third-order valence-corrected chi connectivity index (χ3v) is 1.76. The first-order valence-corrected chi connectivity index (χ1v) is 4.57. The summed E-state index contributed by atoms with van der Waals surface area (Å²) in [6, 6.07) is 3.62. The molecular formula is C10H16N2O2. The van der Waals surface area contributed by atoms with Crippen LogP contribution >= 0.6 is 0 Å². The summed E-state index contributed by atoms with van der Waals surface area (Å²) in [5, 5.41) is 3.03. The van der Waals surface area contributed by atoms with Gasteiger partial charge in [-0.05, 0) is 20.0 Å². The minimum absolute atomic E-state index is 0.112. The molecule has 4 heteroatoms. The second-order valence-electron chi connectivity index (χ2n) is 3.02. The van der Waals surface area contributed by atoms with Gasteiger partial charge in [-0.2, -0.15) is 0 Å². The predicted octanol–water partition coefficient (Wildman–Crippen LogP) is 1.08. The minimum Gasteiger partial charge on any atom is -0.495 e. The number of hydrogen-bond donors (Lipinski definition) is 1. The van der Waals surface area contributed by atoms with Crippen molar-refractivity contribution in [3.63, 3.8) is 0 Å². The monoisotopic (exact) mass is 196 g/mol. The summed E-state index contributed by atoms with van der Waals surface area (Å²) in [5.74, 6) is 1.35. The zero-order valence-corrected chi connectivity index (χ0v) is 8.78. The first kappa shape index (κ1) is 10.8. The summed E-state index contributed by atoms with van der Waals surface area (Å²) in [5.41, 5.74) is 0. The van der Waals surface area contributed by atoms with Crippen molar-refractivity contribution in [2.45, 2.75) is 13.0 Å². The van der Waals surface area contributed by atoms with E-state index in [0.717, 1.165) is 12.3 Å². The Bertz CT molecular complexity index is 261. The van der Waals surface area contributed by atoms with Crippen molar-refractivity contribution < 1.29 is 9.47 Å². The molecular weight excluding hydrogens is 180 g/mol. The number of likely N-dealkylation sites (N-methyl/N-ethyl adjacent to an activating group) is 1. The number of nitrogens with zero attached hydrogens (tertiary/aromatic N) is 1. The van der Waals surface area contributed by atoms with Crippen LogP contribution in [0.15, 0.2) is 18.3 Å². The molecule has 14 heavy (non-hydrogen) atoms. The van der Waals surface area contributed by atoms with E-state index in [2.05, 4.69) is 10.3 Å². The fourth-order valence-corrected chi connectivity index (χ4v) is 1.09. The highest BCUT2D eigenvalue weighted by molar-refractivity contribution is 5.22. The van der Waals surface area contributed by atoms with Crippen molar-refractivity contribution >= 4 is 0 Å². The largest absolute Gasteiger partial charge is 0.495 e. The van der Waals surface area contributed by atoms with Crippen LogP contribution in [-0.4, -0.2) is 31.8 Å². The quantitative estimate of drug-likeness (QED) is 0.765. The van der Waals surface area contributed by atoms with Gasteiger partial charge in [-0.3, -0.25) is 0 Å². The Morgan fingerprint density at radius 3 is 2.79 bits per heavy atom. The standard InChI is InChI=1S/C10H16N2O2/c1-8(6-11-2)14-10-5-4-9(13-3)7-12-10/h4-5,7-8,11H,6H2,1-3H3. The lowest BCUT2D eigenvalue weighted by Crippen LogP contribution is -2.26. The molecule has 1 heterocycles. The van der Waals surface area contributed by atoms with Gasteiger partial charge in [-0.1, -0.05) is 0 Å². The number of methoxy groups -OCH3 is 1. The highest BCUT2D eigenvalue weighted by Crippen LogP contribution is 2.13. The molecule has 0 spiro atoms. The number of ether oxygens (including phenoxy) is 2. The Hall–Kier alpha value is -1.29. The van der Waals surface area contributed by atoms with Crippen molar-refractivity contribution in [1.82, 2.24) is 10.3 Å². The number of nitrogens with one attached hydrogen (secondary N) is 1. The van der Waals surface area contributed by atoms with Crippen molar-refractivity contribution in [1.29, 1.82) is 0 Å². The van der Waals surface area contributed by atoms with E-state index in [4.69, 9.17) is 9.47 Å². The second kappa shape index (κ2) is 5.44. The van der Waals surface area contributed by atoms with Crippen LogP contribution in [0, 0.1) is 0 Å². The summed E-state index contributed by atoms with van der Waals surface area (Å²) >= 11 is 0. The smallest absolute Gasteiger partial charge is 0.213 e. The molecule has 0 saturated heterocycles. The fourth-order valence-electron chi connectivity index (χ4n) is 1.09. The first-order valence-electron chi connectivity index (χ1n) is 4.57. The zero-order valence-electron chi connectivity index (χ0n) is 8.78. The average Bonchev–Trinajstić information content (AvgIpc) is 2.19. The third-order valence-electron chi connectivity index (χ3n) is 1.76. The van der Waals surface area contributed by atoms with Crippen molar-refractivity contribution in [2.75, 3.05) is 20.7 Å². The number of pyridine rings is 1. The molecule has 0 aromatic carbocycles. The van der Waals surface area contributed by atoms with Crippen LogP contribution < -0.4 is 14.8 Å². The molecule has 1 N–H and O–H groups in total. The molecule has 1 rings (SSSR count). The molecule has 1 aromatic rings. The molecule has 0 fully saturated rings. The van der Waals surface area contributed by atoms with Gasteiger partial charge in [0.2, 0.25) is 5.88 Å². The van der Waals surface area contributed by atoms with E-state index in [1.54, 1.807) is 19.4 Å². The maximum atomic E-state index is 5.53. The van der Waals surface area contributed by atoms with Crippen LogP contribution in [0.3, 0.4) is 0 Å². The third kappa shape index (κ3) is 3.22. The Balaban J connectivity index is 2.50. The molecule has 1 unspecified atom stereocenters. The lowest BCUT2D eigenvalue weighted by molar-refractivity contribution is 0.211. The van der Waals surface area contributed by atoms with Crippen LogP contribution in [-0.2, 0) is 0 Å². The molecule has 0 bridgehead atoms. The van der Waals surface area contributed by atoms with E-state index in [1.807, 2.05) is 20.0 Å². The lowest BCUT2D eigenvalue weighted by Gasteiger charge is -2.12. The highest BCUT2D eigenvalue weighted by atomic mass is 16.5. The van der Waals surface area contributed by atoms with E-state index in [0.29, 0.717) is 5.88 Å². The van der Waals surface area contributed by atoms with Crippen LogP contribution in [0.2, 0.25) is 0 Å².